The fourth-order valence-corrected chi connectivity index (χ4v) is 4.61. The minimum atomic E-state index is -0.390. The van der Waals surface area contributed by atoms with E-state index in [9.17, 15) is 9.90 Å². The monoisotopic (exact) mass is 345 g/mol. The first-order chi connectivity index (χ1) is 12.0. The smallest absolute Gasteiger partial charge is 0.233 e. The molecule has 2 fully saturated rings. The Labute approximate surface area is 151 Å². The number of ether oxygens (including phenoxy) is 1. The molecule has 0 spiro atoms. The summed E-state index contributed by atoms with van der Waals surface area (Å²) in [6, 6.07) is 6.26. The first-order valence-corrected chi connectivity index (χ1v) is 9.60. The number of aliphatic hydroxyl groups is 1. The summed E-state index contributed by atoms with van der Waals surface area (Å²) in [5.74, 6) is 1.47. The van der Waals surface area contributed by atoms with Crippen LogP contribution in [0.25, 0.3) is 0 Å². The second-order valence-electron chi connectivity index (χ2n) is 7.84. The SMILES string of the molecule is COc1cc(C2(C(=O)N3CCC(C(C)O)CC3)CCCC2)ccc1C. The Bertz CT molecular complexity index is 612. The van der Waals surface area contributed by atoms with E-state index in [-0.39, 0.29) is 12.0 Å². The first kappa shape index (κ1) is 18.2. The van der Waals surface area contributed by atoms with Crippen LogP contribution in [0.3, 0.4) is 0 Å². The lowest BCUT2D eigenvalue weighted by atomic mass is 9.76. The van der Waals surface area contributed by atoms with E-state index in [1.807, 2.05) is 18.7 Å². The van der Waals surface area contributed by atoms with Crippen molar-refractivity contribution in [2.75, 3.05) is 20.2 Å². The van der Waals surface area contributed by atoms with Gasteiger partial charge < -0.3 is 14.7 Å². The van der Waals surface area contributed by atoms with E-state index in [0.717, 1.165) is 68.5 Å². The van der Waals surface area contributed by atoms with Gasteiger partial charge in [-0.15, -0.1) is 0 Å². The molecule has 25 heavy (non-hydrogen) atoms. The van der Waals surface area contributed by atoms with E-state index in [1.54, 1.807) is 7.11 Å². The molecule has 2 aliphatic rings. The molecule has 1 heterocycles. The van der Waals surface area contributed by atoms with Crippen molar-refractivity contribution in [3.63, 3.8) is 0 Å². The molecule has 4 heteroatoms. The van der Waals surface area contributed by atoms with E-state index in [0.29, 0.717) is 5.92 Å². The normalized spacial score (nSPS) is 22.0. The Morgan fingerprint density at radius 3 is 2.48 bits per heavy atom. The zero-order valence-corrected chi connectivity index (χ0v) is 15.8. The Balaban J connectivity index is 1.84. The summed E-state index contributed by atoms with van der Waals surface area (Å²) in [7, 11) is 1.69. The molecule has 0 bridgehead atoms. The molecule has 4 nitrogen and oxygen atoms in total. The lowest BCUT2D eigenvalue weighted by Crippen LogP contribution is -2.49. The number of carbonyl (C=O) groups is 1. The highest BCUT2D eigenvalue weighted by Crippen LogP contribution is 2.44. The molecule has 1 saturated carbocycles. The largest absolute Gasteiger partial charge is 0.496 e. The highest BCUT2D eigenvalue weighted by molar-refractivity contribution is 5.89. The van der Waals surface area contributed by atoms with Crippen LogP contribution < -0.4 is 4.74 Å². The molecule has 1 saturated heterocycles. The van der Waals surface area contributed by atoms with Gasteiger partial charge in [-0.25, -0.2) is 0 Å². The van der Waals surface area contributed by atoms with Crippen LogP contribution >= 0.6 is 0 Å². The van der Waals surface area contributed by atoms with Gasteiger partial charge in [0.15, 0.2) is 0 Å². The molecule has 1 unspecified atom stereocenters. The van der Waals surface area contributed by atoms with Crippen LogP contribution in [0.2, 0.25) is 0 Å². The quantitative estimate of drug-likeness (QED) is 0.909. The summed E-state index contributed by atoms with van der Waals surface area (Å²) in [6.45, 7) is 5.42. The van der Waals surface area contributed by atoms with E-state index < -0.39 is 5.41 Å². The Kier molecular flexibility index (Phi) is 5.38. The number of nitrogens with zero attached hydrogens (tertiary/aromatic N) is 1. The van der Waals surface area contributed by atoms with Gasteiger partial charge in [0.1, 0.15) is 5.75 Å². The number of hydrogen-bond donors (Lipinski definition) is 1. The molecule has 0 radical (unpaired) electrons. The van der Waals surface area contributed by atoms with Crippen molar-refractivity contribution in [2.45, 2.75) is 63.9 Å². The standard InChI is InChI=1S/C21H31NO3/c1-15-6-7-18(14-19(15)25-3)21(10-4-5-11-21)20(24)22-12-8-17(9-13-22)16(2)23/h6-7,14,16-17,23H,4-5,8-13H2,1-3H3. The summed E-state index contributed by atoms with van der Waals surface area (Å²) >= 11 is 0. The van der Waals surface area contributed by atoms with Crippen LogP contribution in [0.1, 0.15) is 56.6 Å². The van der Waals surface area contributed by atoms with Crippen molar-refractivity contribution in [1.29, 1.82) is 0 Å². The molecule has 1 aliphatic carbocycles. The molecular formula is C21H31NO3. The summed E-state index contributed by atoms with van der Waals surface area (Å²) in [5, 5.41) is 9.81. The lowest BCUT2D eigenvalue weighted by molar-refractivity contribution is -0.139. The van der Waals surface area contributed by atoms with Crippen molar-refractivity contribution >= 4 is 5.91 Å². The van der Waals surface area contributed by atoms with Gasteiger partial charge in [0.25, 0.3) is 0 Å². The fraction of sp³-hybridized carbons (Fsp3) is 0.667. The van der Waals surface area contributed by atoms with Gasteiger partial charge in [0, 0.05) is 13.1 Å². The number of likely N-dealkylation sites (tertiary alicyclic amines) is 1. The first-order valence-electron chi connectivity index (χ1n) is 9.60. The van der Waals surface area contributed by atoms with Crippen LogP contribution in [0.4, 0.5) is 0 Å². The minimum absolute atomic E-state index is 0.278. The topological polar surface area (TPSA) is 49.8 Å². The predicted octanol–water partition coefficient (Wildman–Crippen LogP) is 3.43. The number of amides is 1. The summed E-state index contributed by atoms with van der Waals surface area (Å²) in [6.07, 6.45) is 5.58. The number of methoxy groups -OCH3 is 1. The second kappa shape index (κ2) is 7.36. The molecule has 1 atom stereocenters. The fourth-order valence-electron chi connectivity index (χ4n) is 4.61. The molecule has 0 aromatic heterocycles. The maximum Gasteiger partial charge on any atom is 0.233 e. The van der Waals surface area contributed by atoms with E-state index in [4.69, 9.17) is 4.74 Å². The zero-order valence-electron chi connectivity index (χ0n) is 15.8. The van der Waals surface area contributed by atoms with Crippen LogP contribution in [0.15, 0.2) is 18.2 Å². The molecule has 1 N–H and O–H groups in total. The van der Waals surface area contributed by atoms with Crippen LogP contribution in [0, 0.1) is 12.8 Å². The highest BCUT2D eigenvalue weighted by Gasteiger charge is 2.45. The molecule has 1 aromatic carbocycles. The summed E-state index contributed by atoms with van der Waals surface area (Å²) in [4.78, 5) is 15.5. The van der Waals surface area contributed by atoms with E-state index in [1.165, 1.54) is 0 Å². The molecule has 1 aromatic rings. The number of hydrogen-bond acceptors (Lipinski definition) is 3. The summed E-state index contributed by atoms with van der Waals surface area (Å²) in [5.41, 5.74) is 1.82. The van der Waals surface area contributed by atoms with Crippen molar-refractivity contribution in [3.8, 4) is 5.75 Å². The molecule has 1 amide bonds. The van der Waals surface area contributed by atoms with Crippen molar-refractivity contribution < 1.29 is 14.6 Å². The maximum atomic E-state index is 13.5. The maximum absolute atomic E-state index is 13.5. The Hall–Kier alpha value is -1.55. The average molecular weight is 345 g/mol. The van der Waals surface area contributed by atoms with E-state index in [2.05, 4.69) is 18.2 Å². The van der Waals surface area contributed by atoms with Gasteiger partial charge in [-0.05, 0) is 62.6 Å². The summed E-state index contributed by atoms with van der Waals surface area (Å²) < 4.78 is 5.50. The van der Waals surface area contributed by atoms with Gasteiger partial charge in [-0.1, -0.05) is 25.0 Å². The van der Waals surface area contributed by atoms with Crippen molar-refractivity contribution in [2.24, 2.45) is 5.92 Å². The molecule has 138 valence electrons. The zero-order chi connectivity index (χ0) is 18.0. The highest BCUT2D eigenvalue weighted by atomic mass is 16.5. The number of aliphatic hydroxyl groups excluding tert-OH is 1. The molecule has 3 rings (SSSR count). The number of aryl methyl sites for hydroxylation is 1. The van der Waals surface area contributed by atoms with Gasteiger partial charge in [-0.3, -0.25) is 4.79 Å². The van der Waals surface area contributed by atoms with Gasteiger partial charge in [0.05, 0.1) is 18.6 Å². The Morgan fingerprint density at radius 2 is 1.92 bits per heavy atom. The van der Waals surface area contributed by atoms with Gasteiger partial charge >= 0.3 is 0 Å². The number of carbonyl (C=O) groups excluding carboxylic acids is 1. The molecule has 1 aliphatic heterocycles. The van der Waals surface area contributed by atoms with Gasteiger partial charge in [0.2, 0.25) is 5.91 Å². The molecular weight excluding hydrogens is 314 g/mol. The Morgan fingerprint density at radius 1 is 1.28 bits per heavy atom. The minimum Gasteiger partial charge on any atom is -0.496 e. The number of rotatable bonds is 4. The van der Waals surface area contributed by atoms with Gasteiger partial charge in [-0.2, -0.15) is 0 Å². The lowest BCUT2D eigenvalue weighted by Gasteiger charge is -2.39. The van der Waals surface area contributed by atoms with Crippen molar-refractivity contribution in [1.82, 2.24) is 4.90 Å². The van der Waals surface area contributed by atoms with Crippen LogP contribution in [0.5, 0.6) is 5.75 Å². The van der Waals surface area contributed by atoms with Crippen LogP contribution in [-0.4, -0.2) is 42.2 Å². The van der Waals surface area contributed by atoms with Crippen molar-refractivity contribution in [3.05, 3.63) is 29.3 Å². The van der Waals surface area contributed by atoms with Crippen LogP contribution in [-0.2, 0) is 10.2 Å². The number of piperidine rings is 1. The van der Waals surface area contributed by atoms with E-state index >= 15 is 0 Å². The third-order valence-electron chi connectivity index (χ3n) is 6.34. The third kappa shape index (κ3) is 3.41. The second-order valence-corrected chi connectivity index (χ2v) is 7.84. The third-order valence-corrected chi connectivity index (χ3v) is 6.34. The average Bonchev–Trinajstić information content (AvgIpc) is 3.12. The number of benzene rings is 1. The predicted molar refractivity (Wildman–Crippen MR) is 98.9 cm³/mol.